The van der Waals surface area contributed by atoms with E-state index in [9.17, 15) is 9.59 Å². The molecule has 0 radical (unpaired) electrons. The molecular formula is C25H21N5O2S. The van der Waals surface area contributed by atoms with Gasteiger partial charge in [0.15, 0.2) is 0 Å². The molecule has 0 spiro atoms. The molecule has 2 amide bonds. The van der Waals surface area contributed by atoms with E-state index < -0.39 is 0 Å². The van der Waals surface area contributed by atoms with Crippen molar-refractivity contribution >= 4 is 39.7 Å². The van der Waals surface area contributed by atoms with E-state index in [0.29, 0.717) is 24.5 Å². The summed E-state index contributed by atoms with van der Waals surface area (Å²) in [4.78, 5) is 31.5. The van der Waals surface area contributed by atoms with Crippen molar-refractivity contribution in [3.63, 3.8) is 0 Å². The molecule has 0 unspecified atom stereocenters. The molecule has 3 heterocycles. The van der Waals surface area contributed by atoms with Crippen LogP contribution in [0.25, 0.3) is 10.9 Å². The summed E-state index contributed by atoms with van der Waals surface area (Å²) < 4.78 is 0. The van der Waals surface area contributed by atoms with Gasteiger partial charge in [-0.1, -0.05) is 24.1 Å². The molecular weight excluding hydrogens is 434 g/mol. The Balaban J connectivity index is 1.17. The molecule has 1 aliphatic rings. The number of likely N-dealkylation sites (tertiary alicyclic amines) is 1. The second kappa shape index (κ2) is 9.27. The van der Waals surface area contributed by atoms with Crippen molar-refractivity contribution in [2.24, 2.45) is 0 Å². The van der Waals surface area contributed by atoms with E-state index in [-0.39, 0.29) is 17.7 Å². The van der Waals surface area contributed by atoms with Gasteiger partial charge in [0.05, 0.1) is 16.7 Å². The Hall–Kier alpha value is -3.96. The van der Waals surface area contributed by atoms with E-state index in [2.05, 4.69) is 32.3 Å². The SMILES string of the molecule is O=C(Nc1ccc2cn[nH]c2c1)c1csc(C2CCN(C(=O)C#Cc3ccccc3)CC2)n1. The third kappa shape index (κ3) is 4.78. The number of fused-ring (bicyclic) bond motifs is 1. The normalized spacial score (nSPS) is 14.0. The van der Waals surface area contributed by atoms with Crippen LogP contribution in [-0.4, -0.2) is 45.0 Å². The highest BCUT2D eigenvalue weighted by molar-refractivity contribution is 7.10. The van der Waals surface area contributed by atoms with Gasteiger partial charge < -0.3 is 10.2 Å². The summed E-state index contributed by atoms with van der Waals surface area (Å²) in [6.45, 7) is 1.27. The van der Waals surface area contributed by atoms with Crippen LogP contribution < -0.4 is 5.32 Å². The van der Waals surface area contributed by atoms with Gasteiger partial charge in [-0.3, -0.25) is 14.7 Å². The molecule has 33 heavy (non-hydrogen) atoms. The summed E-state index contributed by atoms with van der Waals surface area (Å²) in [6, 6.07) is 15.1. The minimum atomic E-state index is -0.236. The molecule has 1 fully saturated rings. The average Bonchev–Trinajstić information content (AvgIpc) is 3.53. The molecule has 7 nitrogen and oxygen atoms in total. The molecule has 0 atom stereocenters. The van der Waals surface area contributed by atoms with Crippen LogP contribution in [0.5, 0.6) is 0 Å². The predicted molar refractivity (Wildman–Crippen MR) is 128 cm³/mol. The molecule has 1 saturated heterocycles. The zero-order valence-corrected chi connectivity index (χ0v) is 18.6. The Kier molecular flexibility index (Phi) is 5.87. The monoisotopic (exact) mass is 455 g/mol. The number of nitrogens with one attached hydrogen (secondary N) is 2. The fraction of sp³-hybridized carbons (Fsp3) is 0.200. The van der Waals surface area contributed by atoms with Crippen molar-refractivity contribution in [3.8, 4) is 11.8 Å². The van der Waals surface area contributed by atoms with Gasteiger partial charge >= 0.3 is 0 Å². The van der Waals surface area contributed by atoms with Crippen molar-refractivity contribution < 1.29 is 9.59 Å². The maximum atomic E-state index is 12.7. The van der Waals surface area contributed by atoms with Crippen LogP contribution in [0.15, 0.2) is 60.1 Å². The van der Waals surface area contributed by atoms with Gasteiger partial charge in [0.1, 0.15) is 5.69 Å². The number of rotatable bonds is 3. The zero-order chi connectivity index (χ0) is 22.6. The third-order valence-electron chi connectivity index (χ3n) is 5.67. The third-order valence-corrected chi connectivity index (χ3v) is 6.68. The summed E-state index contributed by atoms with van der Waals surface area (Å²) in [6.07, 6.45) is 3.36. The van der Waals surface area contributed by atoms with Crippen molar-refractivity contribution in [1.82, 2.24) is 20.1 Å². The van der Waals surface area contributed by atoms with Gasteiger partial charge in [0.25, 0.3) is 11.8 Å². The maximum absolute atomic E-state index is 12.7. The maximum Gasteiger partial charge on any atom is 0.298 e. The van der Waals surface area contributed by atoms with Gasteiger partial charge in [-0.2, -0.15) is 5.10 Å². The number of carbonyl (C=O) groups excluding carboxylic acids is 2. The van der Waals surface area contributed by atoms with Crippen molar-refractivity contribution in [1.29, 1.82) is 0 Å². The number of piperidine rings is 1. The fourth-order valence-corrected chi connectivity index (χ4v) is 4.82. The predicted octanol–water partition coefficient (Wildman–Crippen LogP) is 4.03. The molecule has 1 aliphatic heterocycles. The molecule has 4 aromatic rings. The van der Waals surface area contributed by atoms with Crippen molar-refractivity contribution in [3.05, 3.63) is 76.4 Å². The van der Waals surface area contributed by atoms with E-state index in [1.807, 2.05) is 48.5 Å². The fourth-order valence-electron chi connectivity index (χ4n) is 3.85. The van der Waals surface area contributed by atoms with Crippen LogP contribution >= 0.6 is 11.3 Å². The number of H-pyrrole nitrogens is 1. The molecule has 164 valence electrons. The summed E-state index contributed by atoms with van der Waals surface area (Å²) in [5, 5.41) is 13.5. The Labute approximate surface area is 194 Å². The van der Waals surface area contributed by atoms with Crippen molar-refractivity contribution in [2.75, 3.05) is 18.4 Å². The minimum Gasteiger partial charge on any atom is -0.332 e. The second-order valence-corrected chi connectivity index (χ2v) is 8.77. The number of aromatic amines is 1. The highest BCUT2D eigenvalue weighted by Gasteiger charge is 2.26. The Morgan fingerprint density at radius 1 is 1.12 bits per heavy atom. The van der Waals surface area contributed by atoms with E-state index in [1.54, 1.807) is 16.5 Å². The Bertz CT molecular complexity index is 1360. The first-order chi connectivity index (χ1) is 16.2. The number of benzene rings is 2. The van der Waals surface area contributed by atoms with Gasteiger partial charge in [-0.15, -0.1) is 11.3 Å². The van der Waals surface area contributed by atoms with Gasteiger partial charge in [-0.05, 0) is 43.2 Å². The smallest absolute Gasteiger partial charge is 0.298 e. The molecule has 0 saturated carbocycles. The Morgan fingerprint density at radius 2 is 1.94 bits per heavy atom. The Morgan fingerprint density at radius 3 is 2.76 bits per heavy atom. The van der Waals surface area contributed by atoms with Crippen LogP contribution in [0.3, 0.4) is 0 Å². The number of carbonyl (C=O) groups is 2. The molecule has 2 aromatic heterocycles. The van der Waals surface area contributed by atoms with E-state index in [4.69, 9.17) is 0 Å². The lowest BCUT2D eigenvalue weighted by atomic mass is 9.97. The van der Waals surface area contributed by atoms with Crippen LogP contribution in [0, 0.1) is 11.8 Å². The number of hydrogen-bond acceptors (Lipinski definition) is 5. The van der Waals surface area contributed by atoms with Gasteiger partial charge in [0, 0.05) is 46.9 Å². The molecule has 8 heteroatoms. The topological polar surface area (TPSA) is 91.0 Å². The minimum absolute atomic E-state index is 0.147. The van der Waals surface area contributed by atoms with Crippen LogP contribution in [-0.2, 0) is 4.79 Å². The number of thiazole rings is 1. The lowest BCUT2D eigenvalue weighted by molar-refractivity contribution is -0.126. The first kappa shape index (κ1) is 20.9. The number of aromatic nitrogens is 3. The number of anilines is 1. The first-order valence-electron chi connectivity index (χ1n) is 10.7. The van der Waals surface area contributed by atoms with Crippen LogP contribution in [0.2, 0.25) is 0 Å². The standard InChI is InChI=1S/C25H21N5O2S/c31-23(9-6-17-4-2-1-3-5-17)30-12-10-18(11-13-30)25-28-22(16-33-25)24(32)27-20-8-7-19-15-26-29-21(19)14-20/h1-5,7-8,14-16,18H,10-13H2,(H,26,29)(H,27,32). The van der Waals surface area contributed by atoms with E-state index in [1.165, 1.54) is 11.3 Å². The van der Waals surface area contributed by atoms with Crippen molar-refractivity contribution in [2.45, 2.75) is 18.8 Å². The lowest BCUT2D eigenvalue weighted by Gasteiger charge is -2.29. The number of nitrogens with zero attached hydrogens (tertiary/aromatic N) is 3. The molecule has 0 bridgehead atoms. The number of amides is 2. The molecule has 2 N–H and O–H groups in total. The van der Waals surface area contributed by atoms with E-state index in [0.717, 1.165) is 34.3 Å². The molecule has 0 aliphatic carbocycles. The summed E-state index contributed by atoms with van der Waals surface area (Å²) in [5.41, 5.74) is 2.79. The number of hydrogen-bond donors (Lipinski definition) is 2. The summed E-state index contributed by atoms with van der Waals surface area (Å²) >= 11 is 1.50. The molecule has 2 aromatic carbocycles. The van der Waals surface area contributed by atoms with Gasteiger partial charge in [-0.25, -0.2) is 4.98 Å². The first-order valence-corrected chi connectivity index (χ1v) is 11.6. The molecule has 5 rings (SSSR count). The van der Waals surface area contributed by atoms with Crippen LogP contribution in [0.1, 0.15) is 39.8 Å². The second-order valence-electron chi connectivity index (χ2n) is 7.88. The quantitative estimate of drug-likeness (QED) is 0.457. The van der Waals surface area contributed by atoms with Crippen LogP contribution in [0.4, 0.5) is 5.69 Å². The van der Waals surface area contributed by atoms with Gasteiger partial charge in [0.2, 0.25) is 0 Å². The average molecular weight is 456 g/mol. The van der Waals surface area contributed by atoms with E-state index >= 15 is 0 Å². The largest absolute Gasteiger partial charge is 0.332 e. The summed E-state index contributed by atoms with van der Waals surface area (Å²) in [5.74, 6) is 5.52. The zero-order valence-electron chi connectivity index (χ0n) is 17.7. The highest BCUT2D eigenvalue weighted by atomic mass is 32.1. The highest BCUT2D eigenvalue weighted by Crippen LogP contribution is 2.30. The summed E-state index contributed by atoms with van der Waals surface area (Å²) in [7, 11) is 0. The lowest BCUT2D eigenvalue weighted by Crippen LogP contribution is -2.37.